The summed E-state index contributed by atoms with van der Waals surface area (Å²) in [5, 5.41) is 6.86. The molecule has 0 aliphatic heterocycles. The van der Waals surface area contributed by atoms with E-state index < -0.39 is 5.91 Å². The average Bonchev–Trinajstić information content (AvgIpc) is 2.57. The van der Waals surface area contributed by atoms with Gasteiger partial charge in [0, 0.05) is 18.5 Å². The van der Waals surface area contributed by atoms with Gasteiger partial charge >= 0.3 is 0 Å². The number of nitrogens with one attached hydrogen (secondary N) is 2. The lowest BCUT2D eigenvalue weighted by molar-refractivity contribution is -0.114. The van der Waals surface area contributed by atoms with Crippen LogP contribution in [0.15, 0.2) is 42.6 Å². The molecule has 0 fully saturated rings. The van der Waals surface area contributed by atoms with Gasteiger partial charge in [-0.05, 0) is 30.7 Å². The van der Waals surface area contributed by atoms with Gasteiger partial charge in [-0.15, -0.1) is 0 Å². The molecule has 0 unspecified atom stereocenters. The van der Waals surface area contributed by atoms with Crippen molar-refractivity contribution < 1.29 is 9.59 Å². The number of halogens is 2. The molecule has 7 heteroatoms. The van der Waals surface area contributed by atoms with E-state index >= 15 is 0 Å². The van der Waals surface area contributed by atoms with Gasteiger partial charge in [-0.1, -0.05) is 41.4 Å². The number of nitrogens with zero attached hydrogens (tertiary/aromatic N) is 1. The fourth-order valence-electron chi connectivity index (χ4n) is 2.67. The van der Waals surface area contributed by atoms with Gasteiger partial charge in [0.05, 0.1) is 32.5 Å². The summed E-state index contributed by atoms with van der Waals surface area (Å²) in [5.74, 6) is -0.616. The Morgan fingerprint density at radius 1 is 1.00 bits per heavy atom. The van der Waals surface area contributed by atoms with Crippen LogP contribution in [0.4, 0.5) is 11.4 Å². The van der Waals surface area contributed by atoms with E-state index in [9.17, 15) is 9.59 Å². The van der Waals surface area contributed by atoms with Crippen molar-refractivity contribution in [2.45, 2.75) is 13.8 Å². The SMILES string of the molecule is CC(=O)Nc1c(C)cnc2c(NC(=O)c3c(Cl)cccc3Cl)cccc12. The lowest BCUT2D eigenvalue weighted by Gasteiger charge is -2.14. The Hall–Kier alpha value is -2.63. The summed E-state index contributed by atoms with van der Waals surface area (Å²) in [6.07, 6.45) is 1.64. The molecular weight excluding hydrogens is 373 g/mol. The van der Waals surface area contributed by atoms with Crippen LogP contribution in [-0.4, -0.2) is 16.8 Å². The number of benzene rings is 2. The molecule has 1 aromatic heterocycles. The molecule has 5 nitrogen and oxygen atoms in total. The van der Waals surface area contributed by atoms with E-state index in [2.05, 4.69) is 15.6 Å². The smallest absolute Gasteiger partial charge is 0.258 e. The first kappa shape index (κ1) is 18.2. The first-order chi connectivity index (χ1) is 12.4. The van der Waals surface area contributed by atoms with Gasteiger partial charge in [-0.3, -0.25) is 14.6 Å². The molecule has 3 aromatic rings. The maximum Gasteiger partial charge on any atom is 0.258 e. The van der Waals surface area contributed by atoms with Crippen LogP contribution in [0.3, 0.4) is 0 Å². The number of fused-ring (bicyclic) bond motifs is 1. The summed E-state index contributed by atoms with van der Waals surface area (Å²) in [4.78, 5) is 28.6. The van der Waals surface area contributed by atoms with Crippen molar-refractivity contribution in [2.75, 3.05) is 10.6 Å². The highest BCUT2D eigenvalue weighted by atomic mass is 35.5. The van der Waals surface area contributed by atoms with Crippen LogP contribution in [-0.2, 0) is 4.79 Å². The van der Waals surface area contributed by atoms with Crippen LogP contribution in [0, 0.1) is 6.92 Å². The predicted molar refractivity (Wildman–Crippen MR) is 105 cm³/mol. The van der Waals surface area contributed by atoms with Gasteiger partial charge in [0.25, 0.3) is 5.91 Å². The van der Waals surface area contributed by atoms with Crippen LogP contribution >= 0.6 is 23.2 Å². The Labute approximate surface area is 160 Å². The fourth-order valence-corrected chi connectivity index (χ4v) is 3.23. The summed E-state index contributed by atoms with van der Waals surface area (Å²) in [6, 6.07) is 10.2. The summed E-state index contributed by atoms with van der Waals surface area (Å²) < 4.78 is 0. The molecule has 0 atom stereocenters. The number of aryl methyl sites for hydroxylation is 1. The predicted octanol–water partition coefficient (Wildman–Crippen LogP) is 5.06. The van der Waals surface area contributed by atoms with E-state index in [0.717, 1.165) is 10.9 Å². The zero-order valence-electron chi connectivity index (χ0n) is 14.1. The Kier molecular flexibility index (Phi) is 5.11. The number of carbonyl (C=O) groups excluding carboxylic acids is 2. The second-order valence-electron chi connectivity index (χ2n) is 5.75. The third-order valence-corrected chi connectivity index (χ3v) is 4.46. The van der Waals surface area contributed by atoms with Crippen LogP contribution in [0.1, 0.15) is 22.8 Å². The molecule has 2 aromatic carbocycles. The average molecular weight is 388 g/mol. The molecule has 0 aliphatic carbocycles. The molecule has 1 heterocycles. The van der Waals surface area contributed by atoms with E-state index in [1.54, 1.807) is 36.5 Å². The standard InChI is InChI=1S/C19H15Cl2N3O2/c1-10-9-22-18-12(17(10)23-11(2)25)5-3-8-15(18)24-19(26)16-13(20)6-4-7-14(16)21/h3-9H,1-2H3,(H,24,26)(H,22,23,25). The summed E-state index contributed by atoms with van der Waals surface area (Å²) in [7, 11) is 0. The topological polar surface area (TPSA) is 71.1 Å². The maximum atomic E-state index is 12.7. The number of hydrogen-bond donors (Lipinski definition) is 2. The fraction of sp³-hybridized carbons (Fsp3) is 0.105. The number of aromatic nitrogens is 1. The molecule has 2 amide bonds. The van der Waals surface area contributed by atoms with Crippen LogP contribution in [0.25, 0.3) is 10.9 Å². The number of carbonyl (C=O) groups is 2. The maximum absolute atomic E-state index is 12.7. The molecule has 2 N–H and O–H groups in total. The molecule has 0 bridgehead atoms. The molecule has 0 spiro atoms. The lowest BCUT2D eigenvalue weighted by atomic mass is 10.1. The lowest BCUT2D eigenvalue weighted by Crippen LogP contribution is -2.14. The Morgan fingerprint density at radius 2 is 1.65 bits per heavy atom. The van der Waals surface area contributed by atoms with Crippen LogP contribution in [0.5, 0.6) is 0 Å². The highest BCUT2D eigenvalue weighted by Gasteiger charge is 2.17. The largest absolute Gasteiger partial charge is 0.325 e. The van der Waals surface area contributed by atoms with E-state index in [4.69, 9.17) is 23.2 Å². The van der Waals surface area contributed by atoms with Crippen molar-refractivity contribution in [1.29, 1.82) is 0 Å². The van der Waals surface area contributed by atoms with Crippen molar-refractivity contribution >= 4 is 57.3 Å². The number of amides is 2. The Bertz CT molecular complexity index is 1010. The number of hydrogen-bond acceptors (Lipinski definition) is 3. The molecule has 3 rings (SSSR count). The van der Waals surface area contributed by atoms with Crippen molar-refractivity contribution in [3.63, 3.8) is 0 Å². The third-order valence-electron chi connectivity index (χ3n) is 3.83. The number of rotatable bonds is 3. The molecule has 0 radical (unpaired) electrons. The zero-order chi connectivity index (χ0) is 18.8. The molecule has 26 heavy (non-hydrogen) atoms. The second-order valence-corrected chi connectivity index (χ2v) is 6.56. The van der Waals surface area contributed by atoms with Gasteiger partial charge in [0.15, 0.2) is 0 Å². The van der Waals surface area contributed by atoms with E-state index in [1.165, 1.54) is 6.92 Å². The number of para-hydroxylation sites is 1. The summed E-state index contributed by atoms with van der Waals surface area (Å²) in [5.41, 5.74) is 2.73. The molecule has 0 saturated heterocycles. The van der Waals surface area contributed by atoms with Crippen molar-refractivity contribution in [1.82, 2.24) is 4.98 Å². The van der Waals surface area contributed by atoms with E-state index in [1.807, 2.05) is 13.0 Å². The Balaban J connectivity index is 2.06. The van der Waals surface area contributed by atoms with Gasteiger partial charge in [0.2, 0.25) is 5.91 Å². The minimum absolute atomic E-state index is 0.183. The van der Waals surface area contributed by atoms with Crippen LogP contribution < -0.4 is 10.6 Å². The molecule has 0 aliphatic rings. The van der Waals surface area contributed by atoms with Gasteiger partial charge in [-0.2, -0.15) is 0 Å². The van der Waals surface area contributed by atoms with Gasteiger partial charge < -0.3 is 10.6 Å². The first-order valence-electron chi connectivity index (χ1n) is 7.79. The highest BCUT2D eigenvalue weighted by molar-refractivity contribution is 6.40. The quantitative estimate of drug-likeness (QED) is 0.659. The van der Waals surface area contributed by atoms with E-state index in [-0.39, 0.29) is 21.5 Å². The minimum atomic E-state index is -0.434. The molecule has 0 saturated carbocycles. The molecular formula is C19H15Cl2N3O2. The first-order valence-corrected chi connectivity index (χ1v) is 8.55. The number of anilines is 2. The van der Waals surface area contributed by atoms with Crippen molar-refractivity contribution in [3.05, 3.63) is 63.8 Å². The number of pyridine rings is 1. The van der Waals surface area contributed by atoms with Crippen LogP contribution in [0.2, 0.25) is 10.0 Å². The summed E-state index contributed by atoms with van der Waals surface area (Å²) in [6.45, 7) is 3.29. The summed E-state index contributed by atoms with van der Waals surface area (Å²) >= 11 is 12.2. The third kappa shape index (κ3) is 3.49. The Morgan fingerprint density at radius 3 is 2.31 bits per heavy atom. The molecule has 132 valence electrons. The highest BCUT2D eigenvalue weighted by Crippen LogP contribution is 2.31. The van der Waals surface area contributed by atoms with Crippen molar-refractivity contribution in [2.24, 2.45) is 0 Å². The monoisotopic (exact) mass is 387 g/mol. The second kappa shape index (κ2) is 7.32. The van der Waals surface area contributed by atoms with Gasteiger partial charge in [-0.25, -0.2) is 0 Å². The van der Waals surface area contributed by atoms with E-state index in [0.29, 0.717) is 16.9 Å². The van der Waals surface area contributed by atoms with Crippen molar-refractivity contribution in [3.8, 4) is 0 Å². The minimum Gasteiger partial charge on any atom is -0.325 e. The normalized spacial score (nSPS) is 10.6. The zero-order valence-corrected chi connectivity index (χ0v) is 15.6. The van der Waals surface area contributed by atoms with Gasteiger partial charge in [0.1, 0.15) is 0 Å².